The molecule has 66 valence electrons. The van der Waals surface area contributed by atoms with Crippen LogP contribution in [0.3, 0.4) is 0 Å². The van der Waals surface area contributed by atoms with Crippen molar-refractivity contribution in [2.45, 2.75) is 11.7 Å². The average molecular weight is 168 g/mol. The van der Waals surface area contributed by atoms with Crippen LogP contribution in [0, 0.1) is 0 Å². The third-order valence-corrected chi connectivity index (χ3v) is 1.99. The van der Waals surface area contributed by atoms with Crippen molar-refractivity contribution in [3.05, 3.63) is 24.3 Å². The number of rotatable bonds is 3. The van der Waals surface area contributed by atoms with E-state index in [1.54, 1.807) is 25.3 Å². The van der Waals surface area contributed by atoms with Crippen LogP contribution in [0.2, 0.25) is 0 Å². The summed E-state index contributed by atoms with van der Waals surface area (Å²) in [5.41, 5.74) is -0.941. The molecule has 0 aromatic heterocycles. The average Bonchev–Trinajstić information content (AvgIpc) is 2.17. The topological polar surface area (TPSA) is 35.5 Å². The maximum atomic E-state index is 10.8. The first-order valence-electron chi connectivity index (χ1n) is 3.69. The lowest BCUT2D eigenvalue weighted by atomic mass is 9.93. The van der Waals surface area contributed by atoms with E-state index in [0.717, 1.165) is 6.29 Å². The van der Waals surface area contributed by atoms with Gasteiger partial charge in [0.1, 0.15) is 6.10 Å². The molecule has 3 heteroatoms. The third kappa shape index (κ3) is 1.33. The maximum Gasteiger partial charge on any atom is 0.171 e. The normalized spacial score (nSPS) is 33.7. The van der Waals surface area contributed by atoms with Crippen molar-refractivity contribution < 1.29 is 14.3 Å². The van der Waals surface area contributed by atoms with Crippen molar-refractivity contribution in [2.24, 2.45) is 0 Å². The molecule has 0 aliphatic heterocycles. The SMILES string of the molecule is COC1C=CC=CC1(C=O)OC. The first-order chi connectivity index (χ1) is 5.79. The van der Waals surface area contributed by atoms with Gasteiger partial charge < -0.3 is 9.47 Å². The van der Waals surface area contributed by atoms with E-state index < -0.39 is 5.60 Å². The zero-order valence-electron chi connectivity index (χ0n) is 7.19. The molecule has 0 N–H and O–H groups in total. The summed E-state index contributed by atoms with van der Waals surface area (Å²) in [6.07, 6.45) is 7.50. The number of hydrogen-bond acceptors (Lipinski definition) is 3. The number of methoxy groups -OCH3 is 2. The van der Waals surface area contributed by atoms with Gasteiger partial charge in [-0.2, -0.15) is 0 Å². The molecule has 3 nitrogen and oxygen atoms in total. The minimum Gasteiger partial charge on any atom is -0.374 e. The highest BCUT2D eigenvalue weighted by Crippen LogP contribution is 2.21. The van der Waals surface area contributed by atoms with Crippen molar-refractivity contribution in [2.75, 3.05) is 14.2 Å². The van der Waals surface area contributed by atoms with Crippen LogP contribution in [0.4, 0.5) is 0 Å². The van der Waals surface area contributed by atoms with Gasteiger partial charge in [0.15, 0.2) is 11.9 Å². The minimum absolute atomic E-state index is 0.329. The Morgan fingerprint density at radius 3 is 2.58 bits per heavy atom. The van der Waals surface area contributed by atoms with Crippen LogP contribution in [-0.2, 0) is 14.3 Å². The van der Waals surface area contributed by atoms with Gasteiger partial charge in [-0.25, -0.2) is 0 Å². The molecule has 1 aliphatic rings. The van der Waals surface area contributed by atoms with Crippen molar-refractivity contribution >= 4 is 6.29 Å². The molecule has 0 saturated carbocycles. The summed E-state index contributed by atoms with van der Waals surface area (Å²) in [5.74, 6) is 0. The number of ether oxygens (including phenoxy) is 2. The zero-order valence-corrected chi connectivity index (χ0v) is 7.19. The van der Waals surface area contributed by atoms with Gasteiger partial charge in [-0.3, -0.25) is 4.79 Å². The predicted molar refractivity (Wildman–Crippen MR) is 44.9 cm³/mol. The molecule has 0 aromatic carbocycles. The van der Waals surface area contributed by atoms with Crippen LogP contribution < -0.4 is 0 Å². The largest absolute Gasteiger partial charge is 0.374 e. The van der Waals surface area contributed by atoms with Crippen molar-refractivity contribution in [1.82, 2.24) is 0 Å². The molecule has 1 aliphatic carbocycles. The molecule has 0 radical (unpaired) electrons. The summed E-state index contributed by atoms with van der Waals surface area (Å²) in [4.78, 5) is 10.8. The van der Waals surface area contributed by atoms with Crippen LogP contribution in [0.15, 0.2) is 24.3 Å². The minimum atomic E-state index is -0.941. The molecule has 0 heterocycles. The molecule has 2 atom stereocenters. The maximum absolute atomic E-state index is 10.8. The Labute approximate surface area is 71.7 Å². The van der Waals surface area contributed by atoms with Crippen LogP contribution in [0.1, 0.15) is 0 Å². The van der Waals surface area contributed by atoms with Gasteiger partial charge in [0.25, 0.3) is 0 Å². The summed E-state index contributed by atoms with van der Waals surface area (Å²) in [7, 11) is 3.04. The van der Waals surface area contributed by atoms with E-state index in [1.807, 2.05) is 6.08 Å². The monoisotopic (exact) mass is 168 g/mol. The van der Waals surface area contributed by atoms with Gasteiger partial charge in [0, 0.05) is 14.2 Å². The Hall–Kier alpha value is -0.930. The summed E-state index contributed by atoms with van der Waals surface area (Å²) >= 11 is 0. The molecule has 0 fully saturated rings. The molecule has 0 aromatic rings. The van der Waals surface area contributed by atoms with Gasteiger partial charge in [-0.15, -0.1) is 0 Å². The highest BCUT2D eigenvalue weighted by atomic mass is 16.5. The van der Waals surface area contributed by atoms with Gasteiger partial charge in [-0.05, 0) is 6.08 Å². The second-order valence-electron chi connectivity index (χ2n) is 2.58. The van der Waals surface area contributed by atoms with E-state index in [0.29, 0.717) is 0 Å². The second-order valence-corrected chi connectivity index (χ2v) is 2.58. The predicted octanol–water partition coefficient (Wildman–Crippen LogP) is 0.712. The standard InChI is InChI=1S/C9H12O3/c1-11-8-5-3-4-6-9(8,7-10)12-2/h3-8H,1-2H3. The first kappa shape index (κ1) is 9.16. The highest BCUT2D eigenvalue weighted by Gasteiger charge is 2.36. The summed E-state index contributed by atoms with van der Waals surface area (Å²) in [6.45, 7) is 0. The Morgan fingerprint density at radius 2 is 2.17 bits per heavy atom. The molecule has 0 spiro atoms. The number of allylic oxidation sites excluding steroid dienone is 2. The van der Waals surface area contributed by atoms with Crippen molar-refractivity contribution in [1.29, 1.82) is 0 Å². The van der Waals surface area contributed by atoms with E-state index in [1.165, 1.54) is 7.11 Å². The summed E-state index contributed by atoms with van der Waals surface area (Å²) < 4.78 is 10.2. The van der Waals surface area contributed by atoms with E-state index in [9.17, 15) is 4.79 Å². The van der Waals surface area contributed by atoms with Crippen LogP contribution in [0.5, 0.6) is 0 Å². The van der Waals surface area contributed by atoms with Gasteiger partial charge >= 0.3 is 0 Å². The smallest absolute Gasteiger partial charge is 0.171 e. The lowest BCUT2D eigenvalue weighted by molar-refractivity contribution is -0.133. The zero-order chi connectivity index (χ0) is 9.03. The summed E-state index contributed by atoms with van der Waals surface area (Å²) in [5, 5.41) is 0. The molecular formula is C9H12O3. The number of hydrogen-bond donors (Lipinski definition) is 0. The van der Waals surface area contributed by atoms with E-state index in [4.69, 9.17) is 9.47 Å². The van der Waals surface area contributed by atoms with E-state index in [-0.39, 0.29) is 6.10 Å². The Kier molecular flexibility index (Phi) is 2.78. The fraction of sp³-hybridized carbons (Fsp3) is 0.444. The lowest BCUT2D eigenvalue weighted by Gasteiger charge is -2.30. The second kappa shape index (κ2) is 3.65. The summed E-state index contributed by atoms with van der Waals surface area (Å²) in [6, 6.07) is 0. The van der Waals surface area contributed by atoms with Crippen molar-refractivity contribution in [3.8, 4) is 0 Å². The third-order valence-electron chi connectivity index (χ3n) is 1.99. The Morgan fingerprint density at radius 1 is 1.42 bits per heavy atom. The molecular weight excluding hydrogens is 156 g/mol. The van der Waals surface area contributed by atoms with Gasteiger partial charge in [0.2, 0.25) is 0 Å². The fourth-order valence-corrected chi connectivity index (χ4v) is 1.22. The Bertz CT molecular complexity index is 220. The number of carbonyl (C=O) groups is 1. The number of carbonyl (C=O) groups excluding carboxylic acids is 1. The van der Waals surface area contributed by atoms with Crippen LogP contribution in [0.25, 0.3) is 0 Å². The molecule has 0 saturated heterocycles. The number of aldehydes is 1. The Balaban J connectivity index is 2.91. The first-order valence-corrected chi connectivity index (χ1v) is 3.69. The molecule has 2 unspecified atom stereocenters. The molecule has 0 amide bonds. The quantitative estimate of drug-likeness (QED) is 0.582. The van der Waals surface area contributed by atoms with Gasteiger partial charge in [-0.1, -0.05) is 18.2 Å². The highest BCUT2D eigenvalue weighted by molar-refractivity contribution is 5.69. The molecule has 0 bridgehead atoms. The van der Waals surface area contributed by atoms with E-state index >= 15 is 0 Å². The molecule has 12 heavy (non-hydrogen) atoms. The van der Waals surface area contributed by atoms with Crippen LogP contribution in [-0.4, -0.2) is 32.2 Å². The van der Waals surface area contributed by atoms with Crippen molar-refractivity contribution in [3.63, 3.8) is 0 Å². The van der Waals surface area contributed by atoms with E-state index in [2.05, 4.69) is 0 Å². The van der Waals surface area contributed by atoms with Gasteiger partial charge in [0.05, 0.1) is 0 Å². The fourth-order valence-electron chi connectivity index (χ4n) is 1.22. The lowest BCUT2D eigenvalue weighted by Crippen LogP contribution is -2.45. The molecule has 1 rings (SSSR count). The van der Waals surface area contributed by atoms with Crippen LogP contribution >= 0.6 is 0 Å².